The predicted octanol–water partition coefficient (Wildman–Crippen LogP) is 1.38. The first-order chi connectivity index (χ1) is 9.29. The molecule has 1 aliphatic heterocycles. The first kappa shape index (κ1) is 14.5. The van der Waals surface area contributed by atoms with Gasteiger partial charge in [0.15, 0.2) is 0 Å². The summed E-state index contributed by atoms with van der Waals surface area (Å²) in [6.07, 6.45) is 7.61. The highest BCUT2D eigenvalue weighted by molar-refractivity contribution is 4.80. The predicted molar refractivity (Wildman–Crippen MR) is 76.9 cm³/mol. The normalized spacial score (nSPS) is 22.5. The van der Waals surface area contributed by atoms with Crippen molar-refractivity contribution in [2.24, 2.45) is 5.92 Å². The second-order valence-corrected chi connectivity index (χ2v) is 5.61. The molecule has 0 saturated carbocycles. The van der Waals surface area contributed by atoms with E-state index in [-0.39, 0.29) is 0 Å². The second-order valence-electron chi connectivity index (χ2n) is 5.61. The molecule has 0 bridgehead atoms. The molecule has 1 aromatic rings. The average Bonchev–Trinajstić information content (AvgIpc) is 2.92. The third-order valence-corrected chi connectivity index (χ3v) is 4.07. The van der Waals surface area contributed by atoms with Crippen LogP contribution in [0.15, 0.2) is 12.4 Å². The minimum atomic E-state index is 0.586. The number of piperidine rings is 1. The molecule has 0 aromatic carbocycles. The van der Waals surface area contributed by atoms with Gasteiger partial charge >= 0.3 is 0 Å². The summed E-state index contributed by atoms with van der Waals surface area (Å²) in [4.78, 5) is 2.61. The number of hydrogen-bond acceptors (Lipinski definition) is 4. The zero-order valence-electron chi connectivity index (χ0n) is 12.3. The van der Waals surface area contributed by atoms with Gasteiger partial charge in [-0.1, -0.05) is 12.1 Å². The Morgan fingerprint density at radius 1 is 1.42 bits per heavy atom. The number of nitrogens with zero attached hydrogens (tertiary/aromatic N) is 4. The number of hydrogen-bond donors (Lipinski definition) is 1. The molecular formula is C14H27N5. The Morgan fingerprint density at radius 3 is 3.05 bits per heavy atom. The highest BCUT2D eigenvalue weighted by Crippen LogP contribution is 2.19. The summed E-state index contributed by atoms with van der Waals surface area (Å²) < 4.78 is 1.88. The van der Waals surface area contributed by atoms with Crippen LogP contribution in [0.1, 0.15) is 33.1 Å². The molecule has 0 aliphatic carbocycles. The maximum Gasteiger partial charge on any atom is 0.0692 e. The van der Waals surface area contributed by atoms with E-state index in [0.29, 0.717) is 6.04 Å². The molecule has 1 saturated heterocycles. The van der Waals surface area contributed by atoms with Crippen LogP contribution < -0.4 is 5.32 Å². The van der Waals surface area contributed by atoms with Crippen molar-refractivity contribution in [2.45, 2.75) is 45.7 Å². The fraction of sp³-hybridized carbons (Fsp3) is 0.857. The van der Waals surface area contributed by atoms with E-state index in [0.717, 1.165) is 19.0 Å². The molecule has 0 amide bonds. The SMILES string of the molecule is CCCN1CCCC(C(C)NCCn2ccnn2)C1. The Bertz CT molecular complexity index is 336. The van der Waals surface area contributed by atoms with E-state index in [1.165, 1.54) is 38.9 Å². The molecule has 1 fully saturated rings. The fourth-order valence-corrected chi connectivity index (χ4v) is 2.94. The van der Waals surface area contributed by atoms with Crippen LogP contribution in [0, 0.1) is 5.92 Å². The smallest absolute Gasteiger partial charge is 0.0692 e. The van der Waals surface area contributed by atoms with Crippen LogP contribution in [-0.4, -0.2) is 52.1 Å². The van der Waals surface area contributed by atoms with E-state index in [9.17, 15) is 0 Å². The van der Waals surface area contributed by atoms with Gasteiger partial charge in [-0.25, -0.2) is 0 Å². The van der Waals surface area contributed by atoms with Crippen LogP contribution in [0.3, 0.4) is 0 Å². The van der Waals surface area contributed by atoms with Gasteiger partial charge in [0, 0.05) is 25.3 Å². The Hall–Kier alpha value is -0.940. The number of rotatable bonds is 7. The van der Waals surface area contributed by atoms with E-state index in [2.05, 4.69) is 34.4 Å². The van der Waals surface area contributed by atoms with Crippen molar-refractivity contribution in [1.82, 2.24) is 25.2 Å². The first-order valence-corrected chi connectivity index (χ1v) is 7.59. The number of nitrogens with one attached hydrogen (secondary N) is 1. The lowest BCUT2D eigenvalue weighted by Gasteiger charge is -2.36. The lowest BCUT2D eigenvalue weighted by molar-refractivity contribution is 0.150. The maximum atomic E-state index is 3.98. The van der Waals surface area contributed by atoms with Crippen LogP contribution in [0.25, 0.3) is 0 Å². The molecule has 2 heterocycles. The van der Waals surface area contributed by atoms with E-state index in [1.54, 1.807) is 6.20 Å². The molecule has 5 nitrogen and oxygen atoms in total. The number of likely N-dealkylation sites (tertiary alicyclic amines) is 1. The van der Waals surface area contributed by atoms with Crippen molar-refractivity contribution in [3.63, 3.8) is 0 Å². The van der Waals surface area contributed by atoms with Crippen molar-refractivity contribution in [2.75, 3.05) is 26.2 Å². The average molecular weight is 265 g/mol. The van der Waals surface area contributed by atoms with Crippen molar-refractivity contribution < 1.29 is 0 Å². The molecule has 2 unspecified atom stereocenters. The molecule has 108 valence electrons. The molecule has 1 N–H and O–H groups in total. The van der Waals surface area contributed by atoms with Crippen molar-refractivity contribution >= 4 is 0 Å². The largest absolute Gasteiger partial charge is 0.312 e. The van der Waals surface area contributed by atoms with Crippen molar-refractivity contribution in [1.29, 1.82) is 0 Å². The van der Waals surface area contributed by atoms with Gasteiger partial charge in [-0.3, -0.25) is 4.68 Å². The van der Waals surface area contributed by atoms with Crippen molar-refractivity contribution in [3.05, 3.63) is 12.4 Å². The summed E-state index contributed by atoms with van der Waals surface area (Å²) in [6.45, 7) is 10.2. The highest BCUT2D eigenvalue weighted by atomic mass is 15.4. The Labute approximate surface area is 116 Å². The van der Waals surface area contributed by atoms with Crippen LogP contribution in [0.5, 0.6) is 0 Å². The Morgan fingerprint density at radius 2 is 2.32 bits per heavy atom. The van der Waals surface area contributed by atoms with Gasteiger partial charge in [0.2, 0.25) is 0 Å². The fourth-order valence-electron chi connectivity index (χ4n) is 2.94. The molecule has 2 rings (SSSR count). The zero-order valence-corrected chi connectivity index (χ0v) is 12.3. The van der Waals surface area contributed by atoms with E-state index in [4.69, 9.17) is 0 Å². The van der Waals surface area contributed by atoms with Gasteiger partial charge in [-0.2, -0.15) is 0 Å². The van der Waals surface area contributed by atoms with Gasteiger partial charge in [0.25, 0.3) is 0 Å². The van der Waals surface area contributed by atoms with Crippen LogP contribution in [0.2, 0.25) is 0 Å². The summed E-state index contributed by atoms with van der Waals surface area (Å²) in [5, 5.41) is 11.4. The minimum Gasteiger partial charge on any atom is -0.312 e. The third-order valence-electron chi connectivity index (χ3n) is 4.07. The lowest BCUT2D eigenvalue weighted by Crippen LogP contribution is -2.45. The third kappa shape index (κ3) is 4.58. The van der Waals surface area contributed by atoms with E-state index >= 15 is 0 Å². The van der Waals surface area contributed by atoms with Crippen LogP contribution in [-0.2, 0) is 6.54 Å². The molecular weight excluding hydrogens is 238 g/mol. The zero-order chi connectivity index (χ0) is 13.5. The first-order valence-electron chi connectivity index (χ1n) is 7.59. The van der Waals surface area contributed by atoms with Gasteiger partial charge < -0.3 is 10.2 Å². The minimum absolute atomic E-state index is 0.586. The van der Waals surface area contributed by atoms with Crippen LogP contribution in [0.4, 0.5) is 0 Å². The molecule has 0 spiro atoms. The molecule has 2 atom stereocenters. The Balaban J connectivity index is 1.68. The summed E-state index contributed by atoms with van der Waals surface area (Å²) in [6, 6.07) is 0.586. The maximum absolute atomic E-state index is 3.98. The summed E-state index contributed by atoms with van der Waals surface area (Å²) in [5.41, 5.74) is 0. The van der Waals surface area contributed by atoms with Gasteiger partial charge in [0.05, 0.1) is 12.7 Å². The molecule has 1 aromatic heterocycles. The van der Waals surface area contributed by atoms with Gasteiger partial charge in [0.1, 0.15) is 0 Å². The second kappa shape index (κ2) is 7.60. The standard InChI is InChI=1S/C14H27N5/c1-3-8-18-9-4-5-14(12-18)13(2)15-6-10-19-11-7-16-17-19/h7,11,13-15H,3-6,8-10,12H2,1-2H3. The topological polar surface area (TPSA) is 46.0 Å². The lowest BCUT2D eigenvalue weighted by atomic mass is 9.91. The van der Waals surface area contributed by atoms with Crippen LogP contribution >= 0.6 is 0 Å². The molecule has 1 aliphatic rings. The van der Waals surface area contributed by atoms with E-state index < -0.39 is 0 Å². The summed E-state index contributed by atoms with van der Waals surface area (Å²) >= 11 is 0. The Kier molecular flexibility index (Phi) is 5.79. The van der Waals surface area contributed by atoms with E-state index in [1.807, 2.05) is 10.9 Å². The van der Waals surface area contributed by atoms with Crippen molar-refractivity contribution in [3.8, 4) is 0 Å². The summed E-state index contributed by atoms with van der Waals surface area (Å²) in [5.74, 6) is 0.788. The molecule has 19 heavy (non-hydrogen) atoms. The molecule has 5 heteroatoms. The summed E-state index contributed by atoms with van der Waals surface area (Å²) in [7, 11) is 0. The molecule has 0 radical (unpaired) electrons. The van der Waals surface area contributed by atoms with Gasteiger partial charge in [-0.15, -0.1) is 5.10 Å². The quantitative estimate of drug-likeness (QED) is 0.809. The number of aromatic nitrogens is 3. The van der Waals surface area contributed by atoms with Gasteiger partial charge in [-0.05, 0) is 45.2 Å². The monoisotopic (exact) mass is 265 g/mol. The highest BCUT2D eigenvalue weighted by Gasteiger charge is 2.23.